The van der Waals surface area contributed by atoms with E-state index in [1.54, 1.807) is 0 Å². The van der Waals surface area contributed by atoms with Gasteiger partial charge in [-0.25, -0.2) is 4.98 Å². The van der Waals surface area contributed by atoms with Crippen molar-refractivity contribution < 1.29 is 0 Å². The number of nitrogens with one attached hydrogen (secondary N) is 1. The molecular formula is C14H22ClN3. The van der Waals surface area contributed by atoms with Gasteiger partial charge in [0, 0.05) is 18.8 Å². The van der Waals surface area contributed by atoms with Crippen LogP contribution in [0.25, 0.3) is 0 Å². The largest absolute Gasteiger partial charge is 0.353 e. The van der Waals surface area contributed by atoms with Gasteiger partial charge in [0.15, 0.2) is 0 Å². The molecule has 1 aliphatic rings. The Bertz CT molecular complexity index is 375. The number of piperidine rings is 1. The van der Waals surface area contributed by atoms with Crippen LogP contribution in [0.2, 0.25) is 5.02 Å². The molecule has 0 radical (unpaired) electrons. The molecular weight excluding hydrogens is 246 g/mol. The van der Waals surface area contributed by atoms with Crippen molar-refractivity contribution in [1.82, 2.24) is 10.3 Å². The molecule has 0 aliphatic carbocycles. The average molecular weight is 268 g/mol. The van der Waals surface area contributed by atoms with Crippen LogP contribution in [0.4, 0.5) is 5.82 Å². The zero-order chi connectivity index (χ0) is 13.0. The second-order valence-electron chi connectivity index (χ2n) is 5.25. The standard InChI is InChI=1S/C14H22ClN3/c1-11(2)18(10-12-5-8-16-9-6-12)14-13(15)4-3-7-17-14/h3-4,7,11-12,16H,5-6,8-10H2,1-2H3. The quantitative estimate of drug-likeness (QED) is 0.909. The van der Waals surface area contributed by atoms with Crippen LogP contribution in [-0.4, -0.2) is 30.7 Å². The highest BCUT2D eigenvalue weighted by molar-refractivity contribution is 6.32. The lowest BCUT2D eigenvalue weighted by atomic mass is 9.97. The van der Waals surface area contributed by atoms with E-state index in [4.69, 9.17) is 11.6 Å². The van der Waals surface area contributed by atoms with E-state index >= 15 is 0 Å². The minimum atomic E-state index is 0.423. The van der Waals surface area contributed by atoms with Gasteiger partial charge in [-0.1, -0.05) is 11.6 Å². The molecule has 18 heavy (non-hydrogen) atoms. The first-order chi connectivity index (χ1) is 8.68. The predicted molar refractivity (Wildman–Crippen MR) is 77.3 cm³/mol. The molecule has 1 N–H and O–H groups in total. The van der Waals surface area contributed by atoms with Gasteiger partial charge < -0.3 is 10.2 Å². The van der Waals surface area contributed by atoms with Crippen LogP contribution in [0, 0.1) is 5.92 Å². The minimum absolute atomic E-state index is 0.423. The smallest absolute Gasteiger partial charge is 0.147 e. The fourth-order valence-corrected chi connectivity index (χ4v) is 2.70. The first kappa shape index (κ1) is 13.6. The number of aromatic nitrogens is 1. The summed E-state index contributed by atoms with van der Waals surface area (Å²) in [5.41, 5.74) is 0. The molecule has 4 heteroatoms. The Morgan fingerprint density at radius 2 is 2.17 bits per heavy atom. The number of pyridine rings is 1. The van der Waals surface area contributed by atoms with E-state index < -0.39 is 0 Å². The highest BCUT2D eigenvalue weighted by Crippen LogP contribution is 2.26. The Morgan fingerprint density at radius 1 is 1.44 bits per heavy atom. The number of anilines is 1. The number of rotatable bonds is 4. The second kappa shape index (κ2) is 6.39. The van der Waals surface area contributed by atoms with Crippen molar-refractivity contribution in [2.45, 2.75) is 32.7 Å². The van der Waals surface area contributed by atoms with Crippen LogP contribution in [0.15, 0.2) is 18.3 Å². The monoisotopic (exact) mass is 267 g/mol. The van der Waals surface area contributed by atoms with Gasteiger partial charge in [0.2, 0.25) is 0 Å². The molecule has 1 fully saturated rings. The average Bonchev–Trinajstić information content (AvgIpc) is 2.38. The topological polar surface area (TPSA) is 28.2 Å². The summed E-state index contributed by atoms with van der Waals surface area (Å²) in [6.07, 6.45) is 4.31. The van der Waals surface area contributed by atoms with Gasteiger partial charge in [-0.3, -0.25) is 0 Å². The molecule has 1 aromatic rings. The van der Waals surface area contributed by atoms with Crippen LogP contribution in [0.1, 0.15) is 26.7 Å². The Kier molecular flexibility index (Phi) is 4.84. The minimum Gasteiger partial charge on any atom is -0.353 e. The summed E-state index contributed by atoms with van der Waals surface area (Å²) in [5.74, 6) is 1.67. The number of halogens is 1. The first-order valence-electron chi connectivity index (χ1n) is 6.76. The van der Waals surface area contributed by atoms with Gasteiger partial charge in [0.25, 0.3) is 0 Å². The van der Waals surface area contributed by atoms with Crippen LogP contribution >= 0.6 is 11.6 Å². The van der Waals surface area contributed by atoms with Gasteiger partial charge in [-0.15, -0.1) is 0 Å². The van der Waals surface area contributed by atoms with Gasteiger partial charge in [0.1, 0.15) is 5.82 Å². The summed E-state index contributed by atoms with van der Waals surface area (Å²) in [4.78, 5) is 6.78. The number of nitrogens with zero attached hydrogens (tertiary/aromatic N) is 2. The molecule has 0 atom stereocenters. The summed E-state index contributed by atoms with van der Waals surface area (Å²) in [7, 11) is 0. The molecule has 0 bridgehead atoms. The Labute approximate surface area is 115 Å². The lowest BCUT2D eigenvalue weighted by Crippen LogP contribution is -2.40. The molecule has 0 aromatic carbocycles. The third-order valence-electron chi connectivity index (χ3n) is 3.55. The number of hydrogen-bond acceptors (Lipinski definition) is 3. The van der Waals surface area contributed by atoms with Crippen molar-refractivity contribution >= 4 is 17.4 Å². The van der Waals surface area contributed by atoms with E-state index in [0.29, 0.717) is 6.04 Å². The van der Waals surface area contributed by atoms with E-state index in [-0.39, 0.29) is 0 Å². The molecule has 2 rings (SSSR count). The van der Waals surface area contributed by atoms with Gasteiger partial charge in [0.05, 0.1) is 5.02 Å². The van der Waals surface area contributed by atoms with Crippen molar-refractivity contribution in [3.63, 3.8) is 0 Å². The summed E-state index contributed by atoms with van der Waals surface area (Å²) in [5, 5.41) is 4.16. The fraction of sp³-hybridized carbons (Fsp3) is 0.643. The Morgan fingerprint density at radius 3 is 2.78 bits per heavy atom. The first-order valence-corrected chi connectivity index (χ1v) is 7.14. The van der Waals surface area contributed by atoms with Crippen LogP contribution < -0.4 is 10.2 Å². The zero-order valence-corrected chi connectivity index (χ0v) is 12.0. The molecule has 3 nitrogen and oxygen atoms in total. The summed E-state index contributed by atoms with van der Waals surface area (Å²) in [6.45, 7) is 7.72. The van der Waals surface area contributed by atoms with E-state index in [0.717, 1.165) is 36.4 Å². The van der Waals surface area contributed by atoms with Crippen molar-refractivity contribution in [2.24, 2.45) is 5.92 Å². The molecule has 1 aromatic heterocycles. The summed E-state index contributed by atoms with van der Waals surface area (Å²) < 4.78 is 0. The predicted octanol–water partition coefficient (Wildman–Crippen LogP) is 2.95. The third kappa shape index (κ3) is 3.36. The normalized spacial score (nSPS) is 17.1. The SMILES string of the molecule is CC(C)N(CC1CCNCC1)c1ncccc1Cl. The van der Waals surface area contributed by atoms with Crippen molar-refractivity contribution in [1.29, 1.82) is 0 Å². The van der Waals surface area contributed by atoms with Crippen molar-refractivity contribution in [3.05, 3.63) is 23.4 Å². The van der Waals surface area contributed by atoms with Crippen molar-refractivity contribution in [3.8, 4) is 0 Å². The molecule has 1 saturated heterocycles. The van der Waals surface area contributed by atoms with Gasteiger partial charge >= 0.3 is 0 Å². The molecule has 0 unspecified atom stereocenters. The second-order valence-corrected chi connectivity index (χ2v) is 5.66. The molecule has 0 amide bonds. The Hall–Kier alpha value is -0.800. The molecule has 100 valence electrons. The highest BCUT2D eigenvalue weighted by atomic mass is 35.5. The van der Waals surface area contributed by atoms with E-state index in [9.17, 15) is 0 Å². The highest BCUT2D eigenvalue weighted by Gasteiger charge is 2.21. The van der Waals surface area contributed by atoms with Crippen LogP contribution in [0.5, 0.6) is 0 Å². The van der Waals surface area contributed by atoms with Crippen molar-refractivity contribution in [2.75, 3.05) is 24.5 Å². The third-order valence-corrected chi connectivity index (χ3v) is 3.84. The maximum atomic E-state index is 6.26. The van der Waals surface area contributed by atoms with Gasteiger partial charge in [-0.05, 0) is 57.8 Å². The van der Waals surface area contributed by atoms with Gasteiger partial charge in [-0.2, -0.15) is 0 Å². The lowest BCUT2D eigenvalue weighted by molar-refractivity contribution is 0.367. The van der Waals surface area contributed by atoms with Crippen LogP contribution in [-0.2, 0) is 0 Å². The zero-order valence-electron chi connectivity index (χ0n) is 11.2. The van der Waals surface area contributed by atoms with E-state index in [1.807, 2.05) is 18.3 Å². The Balaban J connectivity index is 2.10. The summed E-state index contributed by atoms with van der Waals surface area (Å²) >= 11 is 6.26. The van der Waals surface area contributed by atoms with E-state index in [1.165, 1.54) is 12.8 Å². The maximum Gasteiger partial charge on any atom is 0.147 e. The number of hydrogen-bond donors (Lipinski definition) is 1. The van der Waals surface area contributed by atoms with Crippen LogP contribution in [0.3, 0.4) is 0 Å². The van der Waals surface area contributed by atoms with E-state index in [2.05, 4.69) is 29.0 Å². The molecule has 2 heterocycles. The lowest BCUT2D eigenvalue weighted by Gasteiger charge is -2.34. The fourth-order valence-electron chi connectivity index (χ4n) is 2.47. The summed E-state index contributed by atoms with van der Waals surface area (Å²) in [6, 6.07) is 4.23. The molecule has 0 saturated carbocycles. The molecule has 0 spiro atoms. The maximum absolute atomic E-state index is 6.26. The molecule has 1 aliphatic heterocycles.